The maximum absolute atomic E-state index is 11.8. The van der Waals surface area contributed by atoms with Gasteiger partial charge in [0.2, 0.25) is 0 Å². The number of hydrogen-bond donors (Lipinski definition) is 1. The molecule has 0 aromatic heterocycles. The highest BCUT2D eigenvalue weighted by Crippen LogP contribution is 2.18. The van der Waals surface area contributed by atoms with Crippen molar-refractivity contribution in [2.24, 2.45) is 5.92 Å². The van der Waals surface area contributed by atoms with Crippen molar-refractivity contribution in [1.29, 1.82) is 0 Å². The summed E-state index contributed by atoms with van der Waals surface area (Å²) in [6.45, 7) is 6.03. The van der Waals surface area contributed by atoms with Gasteiger partial charge < -0.3 is 5.32 Å². The Hall–Kier alpha value is -0.140. The van der Waals surface area contributed by atoms with Crippen molar-refractivity contribution >= 4 is 19.7 Å². The van der Waals surface area contributed by atoms with E-state index in [4.69, 9.17) is 0 Å². The molecule has 7 heteroatoms. The highest BCUT2D eigenvalue weighted by molar-refractivity contribution is 7.92. The minimum absolute atomic E-state index is 0.0932. The van der Waals surface area contributed by atoms with E-state index in [2.05, 4.69) is 5.32 Å². The molecule has 0 radical (unpaired) electrons. The highest BCUT2D eigenvalue weighted by atomic mass is 32.2. The molecule has 0 aromatic carbocycles. The molecule has 1 aliphatic heterocycles. The number of hydrogen-bond acceptors (Lipinski definition) is 5. The Labute approximate surface area is 110 Å². The van der Waals surface area contributed by atoms with E-state index < -0.39 is 24.4 Å². The second-order valence-corrected chi connectivity index (χ2v) is 11.0. The topological polar surface area (TPSA) is 80.3 Å². The van der Waals surface area contributed by atoms with Crippen molar-refractivity contribution in [3.8, 4) is 0 Å². The van der Waals surface area contributed by atoms with Crippen LogP contribution in [0.1, 0.15) is 27.2 Å². The van der Waals surface area contributed by atoms with Gasteiger partial charge in [-0.05, 0) is 39.7 Å². The number of nitrogens with one attached hydrogen (secondary N) is 1. The van der Waals surface area contributed by atoms with E-state index in [9.17, 15) is 16.8 Å². The molecular formula is C11H23NO4S2. The van der Waals surface area contributed by atoms with Gasteiger partial charge in [0.25, 0.3) is 0 Å². The molecule has 1 aliphatic rings. The van der Waals surface area contributed by atoms with Crippen LogP contribution in [0.25, 0.3) is 0 Å². The lowest BCUT2D eigenvalue weighted by molar-refractivity contribution is 0.523. The summed E-state index contributed by atoms with van der Waals surface area (Å²) < 4.78 is 45.4. The summed E-state index contributed by atoms with van der Waals surface area (Å²) in [5.74, 6) is 0.717. The lowest BCUT2D eigenvalue weighted by Gasteiger charge is -2.19. The van der Waals surface area contributed by atoms with Crippen molar-refractivity contribution in [1.82, 2.24) is 5.32 Å². The van der Waals surface area contributed by atoms with Gasteiger partial charge in [-0.3, -0.25) is 0 Å². The fourth-order valence-electron chi connectivity index (χ4n) is 1.85. The first kappa shape index (κ1) is 15.9. The lowest BCUT2D eigenvalue weighted by atomic mass is 10.1. The number of sulfone groups is 2. The quantitative estimate of drug-likeness (QED) is 0.735. The van der Waals surface area contributed by atoms with Crippen LogP contribution in [0.4, 0.5) is 0 Å². The van der Waals surface area contributed by atoms with Gasteiger partial charge in [-0.1, -0.05) is 0 Å². The fraction of sp³-hybridized carbons (Fsp3) is 1.00. The summed E-state index contributed by atoms with van der Waals surface area (Å²) in [5.41, 5.74) is 0. The molecule has 0 aliphatic carbocycles. The molecule has 18 heavy (non-hydrogen) atoms. The van der Waals surface area contributed by atoms with Crippen LogP contribution < -0.4 is 5.32 Å². The third-order valence-electron chi connectivity index (χ3n) is 3.24. The Morgan fingerprint density at radius 1 is 1.28 bits per heavy atom. The maximum atomic E-state index is 11.8. The number of rotatable bonds is 5. The van der Waals surface area contributed by atoms with Gasteiger partial charge in [-0.2, -0.15) is 0 Å². The molecule has 0 aromatic rings. The summed E-state index contributed by atoms with van der Waals surface area (Å²) in [6, 6.07) is 0. The van der Waals surface area contributed by atoms with Crippen LogP contribution in [0.2, 0.25) is 0 Å². The highest BCUT2D eigenvalue weighted by Gasteiger charge is 2.29. The first-order valence-electron chi connectivity index (χ1n) is 6.17. The van der Waals surface area contributed by atoms with Crippen molar-refractivity contribution in [2.75, 3.05) is 30.3 Å². The van der Waals surface area contributed by atoms with Crippen LogP contribution in [0.5, 0.6) is 0 Å². The van der Waals surface area contributed by atoms with Gasteiger partial charge in [0.1, 0.15) is 0 Å². The van der Waals surface area contributed by atoms with Crippen LogP contribution in [-0.4, -0.2) is 51.9 Å². The van der Waals surface area contributed by atoms with Crippen LogP contribution in [0, 0.1) is 5.92 Å². The SMILES string of the molecule is CC(C)(C)S(=O)(=O)CCNCC1CCS(=O)(=O)C1. The second kappa shape index (κ2) is 5.46. The molecule has 0 bridgehead atoms. The first-order chi connectivity index (χ1) is 8.04. The van der Waals surface area contributed by atoms with E-state index >= 15 is 0 Å². The van der Waals surface area contributed by atoms with Gasteiger partial charge in [0.15, 0.2) is 19.7 Å². The average molecular weight is 297 g/mol. The predicted molar refractivity (Wildman–Crippen MR) is 73.2 cm³/mol. The minimum Gasteiger partial charge on any atom is -0.315 e. The van der Waals surface area contributed by atoms with Gasteiger partial charge in [-0.15, -0.1) is 0 Å². The van der Waals surface area contributed by atoms with Gasteiger partial charge in [-0.25, -0.2) is 16.8 Å². The van der Waals surface area contributed by atoms with Gasteiger partial charge >= 0.3 is 0 Å². The normalized spacial score (nSPS) is 24.3. The van der Waals surface area contributed by atoms with E-state index in [0.29, 0.717) is 19.5 Å². The van der Waals surface area contributed by atoms with Crippen LogP contribution in [0.15, 0.2) is 0 Å². The third kappa shape index (κ3) is 4.51. The Bertz CT molecular complexity index is 474. The van der Waals surface area contributed by atoms with E-state index in [1.54, 1.807) is 20.8 Å². The molecule has 5 nitrogen and oxygen atoms in total. The van der Waals surface area contributed by atoms with Crippen molar-refractivity contribution in [3.63, 3.8) is 0 Å². The fourth-order valence-corrected chi connectivity index (χ4v) is 4.74. The predicted octanol–water partition coefficient (Wildman–Crippen LogP) is 0.224. The van der Waals surface area contributed by atoms with Crippen LogP contribution in [0.3, 0.4) is 0 Å². The van der Waals surface area contributed by atoms with Gasteiger partial charge in [0.05, 0.1) is 22.0 Å². The summed E-state index contributed by atoms with van der Waals surface area (Å²) in [4.78, 5) is 0. The molecule has 108 valence electrons. The van der Waals surface area contributed by atoms with E-state index in [0.717, 1.165) is 0 Å². The Morgan fingerprint density at radius 3 is 2.33 bits per heavy atom. The zero-order valence-corrected chi connectivity index (χ0v) is 12.9. The Balaban J connectivity index is 2.29. The smallest absolute Gasteiger partial charge is 0.156 e. The molecule has 1 rings (SSSR count). The van der Waals surface area contributed by atoms with Crippen molar-refractivity contribution in [2.45, 2.75) is 31.9 Å². The Morgan fingerprint density at radius 2 is 1.89 bits per heavy atom. The first-order valence-corrected chi connectivity index (χ1v) is 9.64. The molecule has 1 heterocycles. The monoisotopic (exact) mass is 297 g/mol. The standard InChI is InChI=1S/C11H23NO4S2/c1-11(2,3)18(15,16)7-5-12-8-10-4-6-17(13,14)9-10/h10,12H,4-9H2,1-3H3. The molecular weight excluding hydrogens is 274 g/mol. The molecule has 1 saturated heterocycles. The average Bonchev–Trinajstić information content (AvgIpc) is 2.51. The van der Waals surface area contributed by atoms with E-state index in [1.807, 2.05) is 0 Å². The van der Waals surface area contributed by atoms with Crippen molar-refractivity contribution in [3.05, 3.63) is 0 Å². The summed E-state index contributed by atoms with van der Waals surface area (Å²) in [6.07, 6.45) is 0.682. The van der Waals surface area contributed by atoms with Crippen LogP contribution in [-0.2, 0) is 19.7 Å². The maximum Gasteiger partial charge on any atom is 0.156 e. The molecule has 0 spiro atoms. The zero-order valence-electron chi connectivity index (χ0n) is 11.3. The summed E-state index contributed by atoms with van der Waals surface area (Å²) in [5, 5.41) is 3.05. The van der Waals surface area contributed by atoms with Gasteiger partial charge in [0, 0.05) is 6.54 Å². The minimum atomic E-state index is -3.10. The molecule has 1 unspecified atom stereocenters. The van der Waals surface area contributed by atoms with Crippen molar-refractivity contribution < 1.29 is 16.8 Å². The molecule has 0 amide bonds. The van der Waals surface area contributed by atoms with E-state index in [1.165, 1.54) is 0 Å². The molecule has 0 saturated carbocycles. The third-order valence-corrected chi connectivity index (χ3v) is 7.68. The zero-order chi connectivity index (χ0) is 14.0. The van der Waals surface area contributed by atoms with E-state index in [-0.39, 0.29) is 23.2 Å². The summed E-state index contributed by atoms with van der Waals surface area (Å²) >= 11 is 0. The van der Waals surface area contributed by atoms with Crippen LogP contribution >= 0.6 is 0 Å². The largest absolute Gasteiger partial charge is 0.315 e. The lowest BCUT2D eigenvalue weighted by Crippen LogP contribution is -2.36. The molecule has 1 atom stereocenters. The molecule has 1 N–H and O–H groups in total. The Kier molecular flexibility index (Phi) is 4.83. The molecule has 1 fully saturated rings. The summed E-state index contributed by atoms with van der Waals surface area (Å²) in [7, 11) is -5.94. The second-order valence-electron chi connectivity index (χ2n) is 5.90.